The summed E-state index contributed by atoms with van der Waals surface area (Å²) in [6, 6.07) is 31.9. The zero-order valence-corrected chi connectivity index (χ0v) is 16.2. The zero-order valence-electron chi connectivity index (χ0n) is 16.2. The van der Waals surface area contributed by atoms with Gasteiger partial charge in [0.1, 0.15) is 0 Å². The van der Waals surface area contributed by atoms with Crippen LogP contribution >= 0.6 is 0 Å². The molecule has 3 fully saturated rings. The third kappa shape index (κ3) is 2.44. The van der Waals surface area contributed by atoms with E-state index in [9.17, 15) is 0 Å². The van der Waals surface area contributed by atoms with Crippen LogP contribution in [0.4, 0.5) is 0 Å². The van der Waals surface area contributed by atoms with Crippen LogP contribution in [0.2, 0.25) is 0 Å². The van der Waals surface area contributed by atoms with Crippen LogP contribution in [0, 0.1) is 11.8 Å². The van der Waals surface area contributed by atoms with Gasteiger partial charge in [0.15, 0.2) is 0 Å². The number of fused-ring (bicyclic) bond motifs is 5. The minimum absolute atomic E-state index is 0.643. The third-order valence-corrected chi connectivity index (χ3v) is 7.58. The molecule has 2 bridgehead atoms. The maximum Gasteiger partial charge on any atom is -0.00557 e. The normalized spacial score (nSPS) is 26.7. The highest BCUT2D eigenvalue weighted by Gasteiger charge is 2.45. The fraction of sp³-hybridized carbons (Fsp3) is 0.286. The summed E-state index contributed by atoms with van der Waals surface area (Å²) in [4.78, 5) is 0. The molecule has 2 unspecified atom stereocenters. The Morgan fingerprint density at radius 2 is 0.821 bits per heavy atom. The summed E-state index contributed by atoms with van der Waals surface area (Å²) >= 11 is 0. The summed E-state index contributed by atoms with van der Waals surface area (Å²) in [5, 5.41) is 5.71. The van der Waals surface area contributed by atoms with E-state index in [1.807, 2.05) is 0 Å². The topological polar surface area (TPSA) is 0 Å². The standard InChI is InChI=1S/C28H26/c1-3-11-23-19(7-1)9-5-13-25(23)27-21-15-17-22(18-16-21)28(27)26-14-6-10-20-8-2-4-12-24(20)26/h1-14,21-22,27-28H,15-18H2. The van der Waals surface area contributed by atoms with Crippen molar-refractivity contribution in [2.24, 2.45) is 11.8 Å². The molecule has 0 heteroatoms. The summed E-state index contributed by atoms with van der Waals surface area (Å²) in [7, 11) is 0. The van der Waals surface area contributed by atoms with E-state index >= 15 is 0 Å². The highest BCUT2D eigenvalue weighted by atomic mass is 14.5. The van der Waals surface area contributed by atoms with E-state index in [0.717, 1.165) is 11.8 Å². The molecule has 0 aliphatic heterocycles. The summed E-state index contributed by atoms with van der Waals surface area (Å²) < 4.78 is 0. The van der Waals surface area contributed by atoms with E-state index in [1.54, 1.807) is 11.1 Å². The molecule has 3 aliphatic carbocycles. The lowest BCUT2D eigenvalue weighted by Gasteiger charge is -2.50. The van der Waals surface area contributed by atoms with Gasteiger partial charge in [-0.2, -0.15) is 0 Å². The van der Waals surface area contributed by atoms with Gasteiger partial charge in [0, 0.05) is 0 Å². The van der Waals surface area contributed by atoms with Crippen LogP contribution in [0.5, 0.6) is 0 Å². The molecule has 0 heterocycles. The maximum absolute atomic E-state index is 2.42. The van der Waals surface area contributed by atoms with E-state index in [1.165, 1.54) is 47.2 Å². The van der Waals surface area contributed by atoms with Crippen LogP contribution in [0.15, 0.2) is 84.9 Å². The van der Waals surface area contributed by atoms with Gasteiger partial charge in [-0.05, 0) is 82.0 Å². The molecule has 0 aromatic heterocycles. The average Bonchev–Trinajstić information content (AvgIpc) is 2.78. The fourth-order valence-electron chi connectivity index (χ4n) is 6.43. The Morgan fingerprint density at radius 3 is 1.29 bits per heavy atom. The quantitative estimate of drug-likeness (QED) is 0.343. The van der Waals surface area contributed by atoms with Gasteiger partial charge in [-0.1, -0.05) is 84.9 Å². The van der Waals surface area contributed by atoms with Crippen LogP contribution in [0.1, 0.15) is 48.6 Å². The first-order valence-corrected chi connectivity index (χ1v) is 10.9. The van der Waals surface area contributed by atoms with E-state index < -0.39 is 0 Å². The van der Waals surface area contributed by atoms with Crippen molar-refractivity contribution in [1.29, 1.82) is 0 Å². The number of benzene rings is 4. The summed E-state index contributed by atoms with van der Waals surface area (Å²) in [5.74, 6) is 2.92. The van der Waals surface area contributed by atoms with E-state index in [2.05, 4.69) is 84.9 Å². The number of hydrogen-bond acceptors (Lipinski definition) is 0. The molecule has 3 saturated carbocycles. The van der Waals surface area contributed by atoms with E-state index in [-0.39, 0.29) is 0 Å². The second kappa shape index (κ2) is 6.48. The van der Waals surface area contributed by atoms with Gasteiger partial charge in [-0.25, -0.2) is 0 Å². The zero-order chi connectivity index (χ0) is 18.5. The lowest BCUT2D eigenvalue weighted by atomic mass is 9.54. The highest BCUT2D eigenvalue weighted by molar-refractivity contribution is 5.88. The first-order valence-electron chi connectivity index (χ1n) is 10.9. The minimum Gasteiger partial charge on any atom is -0.0616 e. The Morgan fingerprint density at radius 1 is 0.429 bits per heavy atom. The van der Waals surface area contributed by atoms with Crippen molar-refractivity contribution in [2.45, 2.75) is 37.5 Å². The molecular formula is C28H26. The van der Waals surface area contributed by atoms with Crippen LogP contribution in [-0.2, 0) is 0 Å². The molecule has 0 nitrogen and oxygen atoms in total. The minimum atomic E-state index is 0.643. The molecule has 3 aliphatic rings. The summed E-state index contributed by atoms with van der Waals surface area (Å²) in [6.45, 7) is 0. The molecule has 0 amide bonds. The van der Waals surface area contributed by atoms with Crippen molar-refractivity contribution in [1.82, 2.24) is 0 Å². The average molecular weight is 363 g/mol. The van der Waals surface area contributed by atoms with Gasteiger partial charge < -0.3 is 0 Å². The molecule has 2 atom stereocenters. The van der Waals surface area contributed by atoms with Gasteiger partial charge >= 0.3 is 0 Å². The van der Waals surface area contributed by atoms with E-state index in [0.29, 0.717) is 11.8 Å². The molecular weight excluding hydrogens is 336 g/mol. The molecule has 0 N–H and O–H groups in total. The van der Waals surface area contributed by atoms with Gasteiger partial charge in [-0.3, -0.25) is 0 Å². The molecule has 4 aromatic carbocycles. The summed E-state index contributed by atoms with van der Waals surface area (Å²) in [5.41, 5.74) is 3.18. The largest absolute Gasteiger partial charge is 0.0616 e. The Labute approximate surface area is 167 Å². The Kier molecular flexibility index (Phi) is 3.79. The van der Waals surface area contributed by atoms with Crippen molar-refractivity contribution in [2.75, 3.05) is 0 Å². The second-order valence-electron chi connectivity index (χ2n) is 8.86. The maximum atomic E-state index is 2.42. The van der Waals surface area contributed by atoms with Crippen molar-refractivity contribution >= 4 is 21.5 Å². The molecule has 28 heavy (non-hydrogen) atoms. The number of hydrogen-bond donors (Lipinski definition) is 0. The Balaban J connectivity index is 1.59. The van der Waals surface area contributed by atoms with Gasteiger partial charge in [0.05, 0.1) is 0 Å². The SMILES string of the molecule is c1ccc2c(C3C4CCC(CC4)C3c3cccc4ccccc34)cccc2c1. The molecule has 4 aromatic rings. The van der Waals surface area contributed by atoms with Crippen LogP contribution in [0.3, 0.4) is 0 Å². The lowest BCUT2D eigenvalue weighted by molar-refractivity contribution is 0.115. The van der Waals surface area contributed by atoms with Crippen LogP contribution in [0.25, 0.3) is 21.5 Å². The van der Waals surface area contributed by atoms with Gasteiger partial charge in [0.25, 0.3) is 0 Å². The van der Waals surface area contributed by atoms with E-state index in [4.69, 9.17) is 0 Å². The molecule has 0 radical (unpaired) electrons. The van der Waals surface area contributed by atoms with Crippen LogP contribution < -0.4 is 0 Å². The molecule has 7 rings (SSSR count). The summed E-state index contributed by atoms with van der Waals surface area (Å²) in [6.07, 6.45) is 5.61. The van der Waals surface area contributed by atoms with Gasteiger partial charge in [0.2, 0.25) is 0 Å². The highest BCUT2D eigenvalue weighted by Crippen LogP contribution is 2.59. The fourth-order valence-corrected chi connectivity index (χ4v) is 6.43. The Hall–Kier alpha value is -2.60. The lowest BCUT2D eigenvalue weighted by Crippen LogP contribution is -2.37. The van der Waals surface area contributed by atoms with Crippen LogP contribution in [-0.4, -0.2) is 0 Å². The predicted octanol–water partition coefficient (Wildman–Crippen LogP) is 7.68. The van der Waals surface area contributed by atoms with Crippen molar-refractivity contribution in [3.63, 3.8) is 0 Å². The van der Waals surface area contributed by atoms with Crippen molar-refractivity contribution in [3.05, 3.63) is 96.1 Å². The monoisotopic (exact) mass is 362 g/mol. The Bertz CT molecular complexity index is 1040. The number of rotatable bonds is 2. The smallest absolute Gasteiger partial charge is 0.00557 e. The second-order valence-corrected chi connectivity index (χ2v) is 8.86. The first kappa shape index (κ1) is 16.4. The molecule has 0 saturated heterocycles. The van der Waals surface area contributed by atoms with Crippen molar-refractivity contribution < 1.29 is 0 Å². The third-order valence-electron chi connectivity index (χ3n) is 7.58. The molecule has 0 spiro atoms. The molecule has 138 valence electrons. The first-order chi connectivity index (χ1) is 13.9. The predicted molar refractivity (Wildman–Crippen MR) is 119 cm³/mol. The van der Waals surface area contributed by atoms with Gasteiger partial charge in [-0.15, -0.1) is 0 Å². The van der Waals surface area contributed by atoms with Crippen molar-refractivity contribution in [3.8, 4) is 0 Å².